The lowest BCUT2D eigenvalue weighted by Gasteiger charge is -2.01. The molecule has 0 spiro atoms. The second-order valence-electron chi connectivity index (χ2n) is 4.58. The molecule has 1 heterocycles. The van der Waals surface area contributed by atoms with Gasteiger partial charge in [-0.25, -0.2) is 4.39 Å². The maximum atomic E-state index is 13.7. The van der Waals surface area contributed by atoms with Gasteiger partial charge in [0.05, 0.1) is 11.6 Å². The summed E-state index contributed by atoms with van der Waals surface area (Å²) in [5, 5.41) is 12.9. The van der Waals surface area contributed by atoms with Crippen LogP contribution in [0.3, 0.4) is 0 Å². The Morgan fingerprint density at radius 2 is 1.95 bits per heavy atom. The van der Waals surface area contributed by atoms with Gasteiger partial charge in [-0.05, 0) is 36.4 Å². The van der Waals surface area contributed by atoms with Crippen molar-refractivity contribution in [1.82, 2.24) is 10.1 Å². The fourth-order valence-electron chi connectivity index (χ4n) is 1.99. The van der Waals surface area contributed by atoms with Gasteiger partial charge in [0.25, 0.3) is 5.89 Å². The molecule has 0 saturated carbocycles. The molecule has 0 fully saturated rings. The third-order valence-electron chi connectivity index (χ3n) is 3.13. The van der Waals surface area contributed by atoms with Gasteiger partial charge < -0.3 is 4.52 Å². The number of aromatic nitrogens is 2. The third kappa shape index (κ3) is 2.83. The van der Waals surface area contributed by atoms with Crippen LogP contribution >= 0.6 is 11.6 Å². The molecule has 0 atom stereocenters. The molecule has 1 aromatic heterocycles. The van der Waals surface area contributed by atoms with Crippen LogP contribution in [0.5, 0.6) is 0 Å². The number of benzene rings is 2. The molecule has 2 aromatic carbocycles. The Balaban J connectivity index is 1.86. The molecule has 0 radical (unpaired) electrons. The number of rotatable bonds is 3. The van der Waals surface area contributed by atoms with Gasteiger partial charge >= 0.3 is 0 Å². The van der Waals surface area contributed by atoms with Crippen molar-refractivity contribution in [3.63, 3.8) is 0 Å². The topological polar surface area (TPSA) is 62.7 Å². The first-order chi connectivity index (χ1) is 10.7. The molecule has 3 rings (SSSR count). The average Bonchev–Trinajstić information content (AvgIpc) is 3.00. The summed E-state index contributed by atoms with van der Waals surface area (Å²) in [5.41, 5.74) is 1.57. The molecule has 4 nitrogen and oxygen atoms in total. The van der Waals surface area contributed by atoms with Crippen LogP contribution in [0.25, 0.3) is 11.5 Å². The van der Waals surface area contributed by atoms with E-state index in [2.05, 4.69) is 10.1 Å². The summed E-state index contributed by atoms with van der Waals surface area (Å²) in [6.07, 6.45) is 0.144. The van der Waals surface area contributed by atoms with E-state index in [0.29, 0.717) is 33.4 Å². The highest BCUT2D eigenvalue weighted by atomic mass is 35.5. The summed E-state index contributed by atoms with van der Waals surface area (Å²) < 4.78 is 18.9. The van der Waals surface area contributed by atoms with Gasteiger partial charge in [-0.15, -0.1) is 0 Å². The highest BCUT2D eigenvalue weighted by Gasteiger charge is 2.13. The minimum absolute atomic E-state index is 0.144. The Labute approximate surface area is 130 Å². The van der Waals surface area contributed by atoms with E-state index in [-0.39, 0.29) is 6.42 Å². The van der Waals surface area contributed by atoms with Gasteiger partial charge in [-0.3, -0.25) is 0 Å². The van der Waals surface area contributed by atoms with Gasteiger partial charge in [0.2, 0.25) is 0 Å². The summed E-state index contributed by atoms with van der Waals surface area (Å²) in [7, 11) is 0. The summed E-state index contributed by atoms with van der Waals surface area (Å²) in [5.74, 6) is 0.246. The minimum atomic E-state index is -0.405. The van der Waals surface area contributed by atoms with Gasteiger partial charge in [0, 0.05) is 22.6 Å². The summed E-state index contributed by atoms with van der Waals surface area (Å²) in [6, 6.07) is 13.3. The quantitative estimate of drug-likeness (QED) is 0.733. The normalized spacial score (nSPS) is 10.4. The van der Waals surface area contributed by atoms with Crippen molar-refractivity contribution in [3.05, 3.63) is 70.3 Å². The zero-order valence-corrected chi connectivity index (χ0v) is 12.0. The lowest BCUT2D eigenvalue weighted by Crippen LogP contribution is -1.95. The number of hydrogen-bond acceptors (Lipinski definition) is 4. The molecule has 3 aromatic rings. The van der Waals surface area contributed by atoms with Crippen LogP contribution in [0.2, 0.25) is 5.02 Å². The molecule has 0 saturated heterocycles. The second-order valence-corrected chi connectivity index (χ2v) is 4.99. The molecule has 108 valence electrons. The Kier molecular flexibility index (Phi) is 3.86. The number of nitrogens with zero attached hydrogens (tertiary/aromatic N) is 3. The van der Waals surface area contributed by atoms with Crippen molar-refractivity contribution in [2.24, 2.45) is 0 Å². The van der Waals surface area contributed by atoms with Crippen molar-refractivity contribution < 1.29 is 8.91 Å². The molecule has 0 aliphatic carbocycles. The largest absolute Gasteiger partial charge is 0.334 e. The fourth-order valence-corrected chi connectivity index (χ4v) is 2.22. The van der Waals surface area contributed by atoms with Crippen LogP contribution in [0.1, 0.15) is 17.0 Å². The molecule has 0 amide bonds. The standard InChI is InChI=1S/C16H9ClFN3O/c17-13-2-1-3-14(18)12(13)8-15-20-16(22-21-15)11-6-4-10(9-19)5-7-11/h1-7H,8H2. The number of hydrogen-bond donors (Lipinski definition) is 0. The van der Waals surface area contributed by atoms with Crippen molar-refractivity contribution in [1.29, 1.82) is 5.26 Å². The molecular formula is C16H9ClFN3O. The SMILES string of the molecule is N#Cc1ccc(-c2nc(Cc3c(F)cccc3Cl)no2)cc1. The molecule has 6 heteroatoms. The summed E-state index contributed by atoms with van der Waals surface area (Å²) in [4.78, 5) is 4.23. The van der Waals surface area contributed by atoms with Crippen LogP contribution in [0.4, 0.5) is 4.39 Å². The van der Waals surface area contributed by atoms with Crippen LogP contribution in [0, 0.1) is 17.1 Å². The first kappa shape index (κ1) is 14.2. The first-order valence-electron chi connectivity index (χ1n) is 6.43. The van der Waals surface area contributed by atoms with Crippen molar-refractivity contribution in [2.45, 2.75) is 6.42 Å². The maximum absolute atomic E-state index is 13.7. The maximum Gasteiger partial charge on any atom is 0.257 e. The predicted molar refractivity (Wildman–Crippen MR) is 78.7 cm³/mol. The Morgan fingerprint density at radius 1 is 1.18 bits per heavy atom. The molecule has 0 bridgehead atoms. The number of halogens is 2. The highest BCUT2D eigenvalue weighted by molar-refractivity contribution is 6.31. The predicted octanol–water partition coefficient (Wildman–Crippen LogP) is 3.99. The smallest absolute Gasteiger partial charge is 0.257 e. The van der Waals surface area contributed by atoms with Gasteiger partial charge in [-0.2, -0.15) is 10.2 Å². The lowest BCUT2D eigenvalue weighted by molar-refractivity contribution is 0.423. The number of nitriles is 1. The van der Waals surface area contributed by atoms with E-state index >= 15 is 0 Å². The lowest BCUT2D eigenvalue weighted by atomic mass is 10.1. The Hall–Kier alpha value is -2.71. The zero-order chi connectivity index (χ0) is 15.5. The van der Waals surface area contributed by atoms with Gasteiger partial charge in [-0.1, -0.05) is 22.8 Å². The molecule has 0 aliphatic heterocycles. The molecular weight excluding hydrogens is 305 g/mol. The van der Waals surface area contributed by atoms with Crippen molar-refractivity contribution in [3.8, 4) is 17.5 Å². The van der Waals surface area contributed by atoms with Crippen LogP contribution in [-0.4, -0.2) is 10.1 Å². The summed E-state index contributed by atoms with van der Waals surface area (Å²) in [6.45, 7) is 0. The highest BCUT2D eigenvalue weighted by Crippen LogP contribution is 2.23. The Morgan fingerprint density at radius 3 is 2.64 bits per heavy atom. The van der Waals surface area contributed by atoms with E-state index in [1.165, 1.54) is 6.07 Å². The van der Waals surface area contributed by atoms with Crippen molar-refractivity contribution in [2.75, 3.05) is 0 Å². The van der Waals surface area contributed by atoms with E-state index < -0.39 is 5.82 Å². The third-order valence-corrected chi connectivity index (χ3v) is 3.48. The zero-order valence-electron chi connectivity index (χ0n) is 11.3. The Bertz CT molecular complexity index is 832. The van der Waals surface area contributed by atoms with Gasteiger partial charge in [0.15, 0.2) is 5.82 Å². The molecule has 0 N–H and O–H groups in total. The van der Waals surface area contributed by atoms with E-state index in [9.17, 15) is 4.39 Å². The van der Waals surface area contributed by atoms with Crippen LogP contribution in [0.15, 0.2) is 47.0 Å². The van der Waals surface area contributed by atoms with E-state index in [1.807, 2.05) is 6.07 Å². The van der Waals surface area contributed by atoms with E-state index in [4.69, 9.17) is 21.4 Å². The second kappa shape index (κ2) is 5.96. The van der Waals surface area contributed by atoms with E-state index in [1.54, 1.807) is 36.4 Å². The first-order valence-corrected chi connectivity index (χ1v) is 6.81. The molecule has 0 unspecified atom stereocenters. The van der Waals surface area contributed by atoms with E-state index in [0.717, 1.165) is 0 Å². The monoisotopic (exact) mass is 313 g/mol. The fraction of sp³-hybridized carbons (Fsp3) is 0.0625. The average molecular weight is 314 g/mol. The van der Waals surface area contributed by atoms with Crippen LogP contribution in [-0.2, 0) is 6.42 Å². The molecule has 22 heavy (non-hydrogen) atoms. The van der Waals surface area contributed by atoms with Crippen molar-refractivity contribution >= 4 is 11.6 Å². The van der Waals surface area contributed by atoms with Crippen LogP contribution < -0.4 is 0 Å². The minimum Gasteiger partial charge on any atom is -0.334 e. The molecule has 0 aliphatic rings. The summed E-state index contributed by atoms with van der Waals surface area (Å²) >= 11 is 5.98. The van der Waals surface area contributed by atoms with Gasteiger partial charge in [0.1, 0.15) is 5.82 Å².